The Morgan fingerprint density at radius 3 is 2.61 bits per heavy atom. The summed E-state index contributed by atoms with van der Waals surface area (Å²) in [7, 11) is 0. The maximum absolute atomic E-state index is 13.6. The van der Waals surface area contributed by atoms with Crippen LogP contribution in [0, 0.1) is 5.82 Å². The third-order valence-corrected chi connectivity index (χ3v) is 2.77. The van der Waals surface area contributed by atoms with E-state index in [-0.39, 0.29) is 5.56 Å². The smallest absolute Gasteiger partial charge is 0.267 e. The maximum Gasteiger partial charge on any atom is 0.281 e. The molecule has 0 amide bonds. The number of aromatic nitrogens is 2. The lowest BCUT2D eigenvalue weighted by atomic mass is 10.2. The van der Waals surface area contributed by atoms with Crippen LogP contribution in [-0.2, 0) is 0 Å². The number of para-hydroxylation sites is 1. The first-order valence-corrected chi connectivity index (χ1v) is 5.49. The van der Waals surface area contributed by atoms with Crippen LogP contribution in [0.25, 0.3) is 10.9 Å². The van der Waals surface area contributed by atoms with E-state index in [1.54, 1.807) is 24.4 Å². The highest BCUT2D eigenvalue weighted by molar-refractivity contribution is 6.01. The molecular formula is C14H9FN2O. The second-order valence-electron chi connectivity index (χ2n) is 3.90. The van der Waals surface area contributed by atoms with E-state index in [4.69, 9.17) is 0 Å². The van der Waals surface area contributed by atoms with Crippen molar-refractivity contribution in [2.24, 2.45) is 0 Å². The number of halogens is 1. The molecule has 0 saturated carbocycles. The Kier molecular flexibility index (Phi) is 2.41. The summed E-state index contributed by atoms with van der Waals surface area (Å²) in [6.45, 7) is 0. The standard InChI is InChI=1S/C14H9FN2O/c15-12-7-3-2-6-11(12)14(18)17-13-8-4-1-5-10(13)9-16-17/h1-9H. The van der Waals surface area contributed by atoms with Gasteiger partial charge in [0.2, 0.25) is 0 Å². The van der Waals surface area contributed by atoms with Gasteiger partial charge in [-0.25, -0.2) is 4.39 Å². The number of carbonyl (C=O) groups is 1. The van der Waals surface area contributed by atoms with Crippen molar-refractivity contribution >= 4 is 16.8 Å². The summed E-state index contributed by atoms with van der Waals surface area (Å²) in [5.41, 5.74) is 0.692. The molecule has 3 aromatic rings. The van der Waals surface area contributed by atoms with Crippen LogP contribution in [-0.4, -0.2) is 15.7 Å². The molecule has 3 nitrogen and oxygen atoms in total. The number of hydrogen-bond acceptors (Lipinski definition) is 2. The van der Waals surface area contributed by atoms with Gasteiger partial charge >= 0.3 is 0 Å². The first-order chi connectivity index (χ1) is 8.77. The van der Waals surface area contributed by atoms with E-state index in [1.165, 1.54) is 16.8 Å². The quantitative estimate of drug-likeness (QED) is 0.655. The first-order valence-electron chi connectivity index (χ1n) is 5.49. The van der Waals surface area contributed by atoms with Gasteiger partial charge in [-0.05, 0) is 18.2 Å². The van der Waals surface area contributed by atoms with Crippen LogP contribution in [0.5, 0.6) is 0 Å². The second-order valence-corrected chi connectivity index (χ2v) is 3.90. The number of hydrogen-bond donors (Lipinski definition) is 0. The second kappa shape index (κ2) is 4.07. The molecule has 0 fully saturated rings. The molecule has 88 valence electrons. The number of nitrogens with zero attached hydrogens (tertiary/aromatic N) is 2. The number of benzene rings is 2. The van der Waals surface area contributed by atoms with Gasteiger partial charge in [0.05, 0.1) is 17.3 Å². The van der Waals surface area contributed by atoms with Crippen LogP contribution in [0.4, 0.5) is 4.39 Å². The molecule has 0 saturated heterocycles. The molecule has 2 aromatic carbocycles. The van der Waals surface area contributed by atoms with Gasteiger partial charge in [0.15, 0.2) is 0 Å². The average Bonchev–Trinajstić information content (AvgIpc) is 2.82. The lowest BCUT2D eigenvalue weighted by Gasteiger charge is -2.03. The highest BCUT2D eigenvalue weighted by Gasteiger charge is 2.15. The fraction of sp³-hybridized carbons (Fsp3) is 0. The SMILES string of the molecule is O=C(c1ccccc1F)n1ncc2ccccc21. The van der Waals surface area contributed by atoms with E-state index >= 15 is 0 Å². The van der Waals surface area contributed by atoms with Gasteiger partial charge in [-0.3, -0.25) is 4.79 Å². The minimum Gasteiger partial charge on any atom is -0.267 e. The summed E-state index contributed by atoms with van der Waals surface area (Å²) in [5.74, 6) is -1.00. The van der Waals surface area contributed by atoms with Crippen molar-refractivity contribution in [1.29, 1.82) is 0 Å². The lowest BCUT2D eigenvalue weighted by Crippen LogP contribution is -2.14. The highest BCUT2D eigenvalue weighted by atomic mass is 19.1. The van der Waals surface area contributed by atoms with Crippen molar-refractivity contribution < 1.29 is 9.18 Å². The average molecular weight is 240 g/mol. The van der Waals surface area contributed by atoms with E-state index < -0.39 is 11.7 Å². The topological polar surface area (TPSA) is 34.9 Å². The fourth-order valence-corrected chi connectivity index (χ4v) is 1.88. The van der Waals surface area contributed by atoms with E-state index in [0.717, 1.165) is 5.39 Å². The summed E-state index contributed by atoms with van der Waals surface area (Å²) in [5, 5.41) is 4.86. The van der Waals surface area contributed by atoms with Crippen LogP contribution >= 0.6 is 0 Å². The normalized spacial score (nSPS) is 10.7. The summed E-state index contributed by atoms with van der Waals surface area (Å²) in [4.78, 5) is 12.2. The van der Waals surface area contributed by atoms with Crippen molar-refractivity contribution in [3.05, 3.63) is 66.1 Å². The van der Waals surface area contributed by atoms with Crippen molar-refractivity contribution in [2.45, 2.75) is 0 Å². The van der Waals surface area contributed by atoms with Crippen LogP contribution in [0.2, 0.25) is 0 Å². The lowest BCUT2D eigenvalue weighted by molar-refractivity contribution is 0.0946. The molecule has 0 radical (unpaired) electrons. The molecule has 0 aliphatic rings. The summed E-state index contributed by atoms with van der Waals surface area (Å²) in [6.07, 6.45) is 1.59. The largest absolute Gasteiger partial charge is 0.281 e. The van der Waals surface area contributed by atoms with Crippen LogP contribution in [0.15, 0.2) is 54.7 Å². The molecule has 0 aliphatic carbocycles. The molecule has 0 unspecified atom stereocenters. The minimum atomic E-state index is -0.540. The number of rotatable bonds is 1. The Hall–Kier alpha value is -2.49. The first kappa shape index (κ1) is 10.7. The van der Waals surface area contributed by atoms with Gasteiger partial charge in [0, 0.05) is 5.39 Å². The summed E-state index contributed by atoms with van der Waals surface area (Å²) >= 11 is 0. The van der Waals surface area contributed by atoms with Crippen molar-refractivity contribution in [1.82, 2.24) is 9.78 Å². The van der Waals surface area contributed by atoms with Gasteiger partial charge in [-0.15, -0.1) is 0 Å². The van der Waals surface area contributed by atoms with Gasteiger partial charge in [0.25, 0.3) is 5.91 Å². The molecule has 0 spiro atoms. The molecule has 0 atom stereocenters. The van der Waals surface area contributed by atoms with Gasteiger partial charge in [-0.2, -0.15) is 9.78 Å². The molecule has 4 heteroatoms. The Bertz CT molecular complexity index is 733. The molecule has 1 aromatic heterocycles. The molecule has 18 heavy (non-hydrogen) atoms. The van der Waals surface area contributed by atoms with Gasteiger partial charge in [-0.1, -0.05) is 30.3 Å². The Balaban J connectivity index is 2.16. The molecule has 3 rings (SSSR count). The molecule has 0 aliphatic heterocycles. The van der Waals surface area contributed by atoms with Crippen LogP contribution in [0.3, 0.4) is 0 Å². The van der Waals surface area contributed by atoms with E-state index in [1.807, 2.05) is 18.2 Å². The Labute approximate surface area is 102 Å². The number of carbonyl (C=O) groups excluding carboxylic acids is 1. The summed E-state index contributed by atoms with van der Waals surface area (Å²) in [6, 6.07) is 13.2. The van der Waals surface area contributed by atoms with Crippen LogP contribution in [0.1, 0.15) is 10.4 Å². The molecule has 0 N–H and O–H groups in total. The van der Waals surface area contributed by atoms with Crippen molar-refractivity contribution in [2.75, 3.05) is 0 Å². The third kappa shape index (κ3) is 1.59. The molecular weight excluding hydrogens is 231 g/mol. The molecule has 0 bridgehead atoms. The number of fused-ring (bicyclic) bond motifs is 1. The predicted molar refractivity (Wildman–Crippen MR) is 65.9 cm³/mol. The zero-order valence-corrected chi connectivity index (χ0v) is 9.38. The van der Waals surface area contributed by atoms with Crippen LogP contribution < -0.4 is 0 Å². The molecule has 1 heterocycles. The fourth-order valence-electron chi connectivity index (χ4n) is 1.88. The monoisotopic (exact) mass is 240 g/mol. The van der Waals surface area contributed by atoms with Crippen molar-refractivity contribution in [3.63, 3.8) is 0 Å². The Morgan fingerprint density at radius 2 is 1.78 bits per heavy atom. The zero-order valence-electron chi connectivity index (χ0n) is 9.38. The maximum atomic E-state index is 13.6. The highest BCUT2D eigenvalue weighted by Crippen LogP contribution is 2.15. The zero-order chi connectivity index (χ0) is 12.5. The van der Waals surface area contributed by atoms with E-state index in [2.05, 4.69) is 5.10 Å². The van der Waals surface area contributed by atoms with E-state index in [9.17, 15) is 9.18 Å². The van der Waals surface area contributed by atoms with Gasteiger partial charge < -0.3 is 0 Å². The predicted octanol–water partition coefficient (Wildman–Crippen LogP) is 2.86. The Morgan fingerprint density at radius 1 is 1.06 bits per heavy atom. The summed E-state index contributed by atoms with van der Waals surface area (Å²) < 4.78 is 14.8. The van der Waals surface area contributed by atoms with Gasteiger partial charge in [0.1, 0.15) is 5.82 Å². The van der Waals surface area contributed by atoms with Crippen molar-refractivity contribution in [3.8, 4) is 0 Å². The van der Waals surface area contributed by atoms with E-state index in [0.29, 0.717) is 5.52 Å². The minimum absolute atomic E-state index is 0.0198. The third-order valence-electron chi connectivity index (χ3n) is 2.77.